The normalized spacial score (nSPS) is 9.83. The maximum atomic E-state index is 10.6. The van der Waals surface area contributed by atoms with Gasteiger partial charge in [0.1, 0.15) is 6.29 Å². The summed E-state index contributed by atoms with van der Waals surface area (Å²) in [7, 11) is 0. The summed E-state index contributed by atoms with van der Waals surface area (Å²) in [5.41, 5.74) is 3.24. The summed E-state index contributed by atoms with van der Waals surface area (Å²) in [5.74, 6) is 0. The smallest absolute Gasteiger partial charge is 0.150 e. The zero-order chi connectivity index (χ0) is 8.97. The quantitative estimate of drug-likeness (QED) is 0.443. The highest BCUT2D eigenvalue weighted by atomic mass is 127. The minimum Gasteiger partial charge on any atom is -0.298 e. The van der Waals surface area contributed by atoms with E-state index in [1.165, 1.54) is 5.56 Å². The minimum absolute atomic E-state index is 0.818. The van der Waals surface area contributed by atoms with Crippen LogP contribution in [0.5, 0.6) is 0 Å². The van der Waals surface area contributed by atoms with Crippen LogP contribution in [0.15, 0.2) is 18.2 Å². The van der Waals surface area contributed by atoms with Crippen molar-refractivity contribution in [1.29, 1.82) is 0 Å². The van der Waals surface area contributed by atoms with Gasteiger partial charge in [0.15, 0.2) is 0 Å². The van der Waals surface area contributed by atoms with Crippen LogP contribution in [0.3, 0.4) is 0 Å². The highest BCUT2D eigenvalue weighted by Gasteiger charge is 2.00. The van der Waals surface area contributed by atoms with Crippen molar-refractivity contribution in [3.63, 3.8) is 0 Å². The van der Waals surface area contributed by atoms with Gasteiger partial charge in [-0.15, -0.1) is 0 Å². The van der Waals surface area contributed by atoms with E-state index in [2.05, 4.69) is 51.2 Å². The van der Waals surface area contributed by atoms with Crippen LogP contribution < -0.4 is 0 Å². The van der Waals surface area contributed by atoms with E-state index in [9.17, 15) is 4.79 Å². The fourth-order valence-corrected chi connectivity index (χ4v) is 2.11. The van der Waals surface area contributed by atoms with Crippen LogP contribution in [0.4, 0.5) is 0 Å². The van der Waals surface area contributed by atoms with Crippen LogP contribution in [-0.4, -0.2) is 6.29 Å². The summed E-state index contributed by atoms with van der Waals surface area (Å²) in [5, 5.41) is 0. The first-order valence-electron chi connectivity index (χ1n) is 3.50. The van der Waals surface area contributed by atoms with Gasteiger partial charge in [-0.1, -0.05) is 63.4 Å². The number of aldehydes is 1. The maximum absolute atomic E-state index is 10.6. The molecular weight excluding hydrogens is 378 g/mol. The Balaban J connectivity index is 3.10. The van der Waals surface area contributed by atoms with Gasteiger partial charge in [0.25, 0.3) is 0 Å². The number of hydrogen-bond donors (Lipinski definition) is 0. The van der Waals surface area contributed by atoms with E-state index < -0.39 is 0 Å². The molecule has 0 aliphatic heterocycles. The van der Waals surface area contributed by atoms with Crippen molar-refractivity contribution in [3.05, 3.63) is 34.9 Å². The summed E-state index contributed by atoms with van der Waals surface area (Å²) in [6, 6.07) is 6.00. The first kappa shape index (κ1) is 10.4. The molecule has 0 aliphatic carbocycles. The van der Waals surface area contributed by atoms with Crippen molar-refractivity contribution in [1.82, 2.24) is 0 Å². The molecule has 1 aromatic carbocycles. The molecular formula is C9H8I2O. The van der Waals surface area contributed by atoms with E-state index in [0.29, 0.717) is 0 Å². The molecule has 0 N–H and O–H groups in total. The van der Waals surface area contributed by atoms with E-state index in [1.54, 1.807) is 0 Å². The lowest BCUT2D eigenvalue weighted by Gasteiger charge is -2.02. The number of rotatable bonds is 3. The molecule has 12 heavy (non-hydrogen) atoms. The molecule has 0 spiro atoms. The zero-order valence-electron chi connectivity index (χ0n) is 6.39. The third-order valence-corrected chi connectivity index (χ3v) is 3.34. The number of benzene rings is 1. The van der Waals surface area contributed by atoms with Crippen molar-refractivity contribution in [2.24, 2.45) is 0 Å². The van der Waals surface area contributed by atoms with Crippen molar-refractivity contribution < 1.29 is 4.79 Å². The minimum atomic E-state index is 0.818. The number of carbonyl (C=O) groups excluding carboxylic acids is 1. The van der Waals surface area contributed by atoms with E-state index in [1.807, 2.05) is 12.1 Å². The Labute approximate surface area is 99.2 Å². The fraction of sp³-hybridized carbons (Fsp3) is 0.222. The van der Waals surface area contributed by atoms with Gasteiger partial charge in [0, 0.05) is 14.4 Å². The van der Waals surface area contributed by atoms with Crippen molar-refractivity contribution in [2.75, 3.05) is 0 Å². The second kappa shape index (κ2) is 5.16. The third-order valence-electron chi connectivity index (χ3n) is 1.63. The maximum Gasteiger partial charge on any atom is 0.150 e. The Morgan fingerprint density at radius 3 is 2.50 bits per heavy atom. The summed E-state index contributed by atoms with van der Waals surface area (Å²) in [6.45, 7) is 0. The molecule has 0 radical (unpaired) electrons. The average Bonchev–Trinajstić information content (AvgIpc) is 2.16. The predicted octanol–water partition coefficient (Wildman–Crippen LogP) is 3.37. The van der Waals surface area contributed by atoms with Gasteiger partial charge in [-0.2, -0.15) is 0 Å². The average molecular weight is 386 g/mol. The summed E-state index contributed by atoms with van der Waals surface area (Å²) in [6.07, 6.45) is 0.922. The topological polar surface area (TPSA) is 17.1 Å². The third kappa shape index (κ3) is 2.42. The zero-order valence-corrected chi connectivity index (χ0v) is 10.7. The Morgan fingerprint density at radius 1 is 1.25 bits per heavy atom. The molecule has 0 aliphatic rings. The SMILES string of the molecule is O=Cc1ccc(CI)cc1CI. The number of alkyl halides is 2. The van der Waals surface area contributed by atoms with Gasteiger partial charge >= 0.3 is 0 Å². The van der Waals surface area contributed by atoms with Crippen molar-refractivity contribution in [3.8, 4) is 0 Å². The first-order valence-corrected chi connectivity index (χ1v) is 6.56. The second-order valence-electron chi connectivity index (χ2n) is 2.42. The molecule has 3 heteroatoms. The van der Waals surface area contributed by atoms with Gasteiger partial charge in [-0.25, -0.2) is 0 Å². The van der Waals surface area contributed by atoms with Crippen LogP contribution in [0, 0.1) is 0 Å². The van der Waals surface area contributed by atoms with Gasteiger partial charge < -0.3 is 0 Å². The number of hydrogen-bond acceptors (Lipinski definition) is 1. The lowest BCUT2D eigenvalue weighted by molar-refractivity contribution is 0.112. The monoisotopic (exact) mass is 386 g/mol. The van der Waals surface area contributed by atoms with E-state index in [4.69, 9.17) is 0 Å². The molecule has 0 atom stereocenters. The van der Waals surface area contributed by atoms with Crippen LogP contribution in [0.2, 0.25) is 0 Å². The van der Waals surface area contributed by atoms with Gasteiger partial charge in [0.2, 0.25) is 0 Å². The van der Waals surface area contributed by atoms with Crippen LogP contribution in [-0.2, 0) is 8.86 Å². The van der Waals surface area contributed by atoms with Crippen molar-refractivity contribution >= 4 is 51.5 Å². The van der Waals surface area contributed by atoms with Gasteiger partial charge in [-0.3, -0.25) is 4.79 Å². The Morgan fingerprint density at radius 2 is 2.00 bits per heavy atom. The van der Waals surface area contributed by atoms with Crippen molar-refractivity contribution in [2.45, 2.75) is 8.86 Å². The summed E-state index contributed by atoms with van der Waals surface area (Å²) in [4.78, 5) is 10.6. The molecule has 64 valence electrons. The number of halogens is 2. The Kier molecular flexibility index (Phi) is 4.49. The summed E-state index contributed by atoms with van der Waals surface area (Å²) < 4.78 is 1.90. The fourth-order valence-electron chi connectivity index (χ4n) is 0.973. The molecule has 0 saturated carbocycles. The van der Waals surface area contributed by atoms with Gasteiger partial charge in [-0.05, 0) is 11.1 Å². The molecule has 1 aromatic rings. The molecule has 1 rings (SSSR count). The molecule has 0 heterocycles. The lowest BCUT2D eigenvalue weighted by Crippen LogP contribution is -1.90. The van der Waals surface area contributed by atoms with Crippen LogP contribution >= 0.6 is 45.2 Å². The lowest BCUT2D eigenvalue weighted by atomic mass is 10.1. The largest absolute Gasteiger partial charge is 0.298 e. The molecule has 0 aromatic heterocycles. The highest BCUT2D eigenvalue weighted by molar-refractivity contribution is 14.1. The molecule has 0 amide bonds. The molecule has 0 unspecified atom stereocenters. The highest BCUT2D eigenvalue weighted by Crippen LogP contribution is 2.15. The predicted molar refractivity (Wildman–Crippen MR) is 67.3 cm³/mol. The van der Waals surface area contributed by atoms with E-state index in [-0.39, 0.29) is 0 Å². The van der Waals surface area contributed by atoms with Crippen LogP contribution in [0.1, 0.15) is 21.5 Å². The number of carbonyl (C=O) groups is 1. The molecule has 0 fully saturated rings. The second-order valence-corrected chi connectivity index (χ2v) is 3.94. The van der Waals surface area contributed by atoms with E-state index >= 15 is 0 Å². The summed E-state index contributed by atoms with van der Waals surface area (Å²) >= 11 is 4.59. The molecule has 0 saturated heterocycles. The first-order chi connectivity index (χ1) is 5.81. The molecule has 1 nitrogen and oxygen atoms in total. The Bertz CT molecular complexity index is 284. The molecule has 0 bridgehead atoms. The van der Waals surface area contributed by atoms with E-state index in [0.717, 1.165) is 26.3 Å². The van der Waals surface area contributed by atoms with Gasteiger partial charge in [0.05, 0.1) is 0 Å². The van der Waals surface area contributed by atoms with Crippen LogP contribution in [0.25, 0.3) is 0 Å². The standard InChI is InChI=1S/C9H8I2O/c10-4-7-1-2-8(6-12)9(3-7)5-11/h1-3,6H,4-5H2. The Hall–Kier alpha value is 0.350.